The number of benzene rings is 1. The minimum atomic E-state index is -0.0368. The lowest BCUT2D eigenvalue weighted by atomic mass is 9.94. The molecular formula is C17H26N2O2. The van der Waals surface area contributed by atoms with E-state index in [1.54, 1.807) is 19.2 Å². The van der Waals surface area contributed by atoms with E-state index in [1.807, 2.05) is 6.07 Å². The third kappa shape index (κ3) is 3.56. The Hall–Kier alpha value is -1.55. The first-order valence-electron chi connectivity index (χ1n) is 7.78. The number of anilines is 1. The molecule has 0 aromatic heterocycles. The quantitative estimate of drug-likeness (QED) is 0.669. The molecule has 0 amide bonds. The van der Waals surface area contributed by atoms with Crippen LogP contribution in [0.2, 0.25) is 0 Å². The number of nitrogens with zero attached hydrogens (tertiary/aromatic N) is 1. The highest BCUT2D eigenvalue weighted by Crippen LogP contribution is 2.25. The summed E-state index contributed by atoms with van der Waals surface area (Å²) in [6.07, 6.45) is 3.18. The average Bonchev–Trinajstić information content (AvgIpc) is 2.49. The zero-order valence-electron chi connectivity index (χ0n) is 13.3. The lowest BCUT2D eigenvalue weighted by Gasteiger charge is -2.35. The molecule has 0 saturated carbocycles. The van der Waals surface area contributed by atoms with Gasteiger partial charge < -0.3 is 10.5 Å². The highest BCUT2D eigenvalue weighted by molar-refractivity contribution is 6.01. The van der Waals surface area contributed by atoms with E-state index in [0.717, 1.165) is 25.4 Å². The summed E-state index contributed by atoms with van der Waals surface area (Å²) >= 11 is 0. The van der Waals surface area contributed by atoms with E-state index in [4.69, 9.17) is 10.5 Å². The summed E-state index contributed by atoms with van der Waals surface area (Å²) in [6.45, 7) is 6.38. The summed E-state index contributed by atoms with van der Waals surface area (Å²) in [5.41, 5.74) is 7.12. The van der Waals surface area contributed by atoms with Crippen LogP contribution in [0.5, 0.6) is 5.75 Å². The second-order valence-corrected chi connectivity index (χ2v) is 5.96. The van der Waals surface area contributed by atoms with E-state index in [-0.39, 0.29) is 11.8 Å². The first-order chi connectivity index (χ1) is 10.1. The van der Waals surface area contributed by atoms with Gasteiger partial charge in [-0.1, -0.05) is 13.8 Å². The summed E-state index contributed by atoms with van der Waals surface area (Å²) in [7, 11) is 1.58. The second kappa shape index (κ2) is 6.94. The molecule has 2 N–H and O–H groups in total. The van der Waals surface area contributed by atoms with Crippen LogP contribution in [0.15, 0.2) is 18.2 Å². The molecule has 21 heavy (non-hydrogen) atoms. The number of nitrogens with two attached hydrogens (primary N) is 1. The third-order valence-electron chi connectivity index (χ3n) is 4.46. The van der Waals surface area contributed by atoms with Gasteiger partial charge in [0.25, 0.3) is 0 Å². The minimum Gasteiger partial charge on any atom is -0.495 e. The van der Waals surface area contributed by atoms with Gasteiger partial charge in [0, 0.05) is 5.56 Å². The molecule has 1 saturated heterocycles. The molecule has 0 spiro atoms. The molecule has 0 radical (unpaired) electrons. The molecule has 4 heteroatoms. The van der Waals surface area contributed by atoms with Gasteiger partial charge in [-0.15, -0.1) is 0 Å². The fourth-order valence-electron chi connectivity index (χ4n) is 3.03. The molecule has 1 unspecified atom stereocenters. The van der Waals surface area contributed by atoms with Gasteiger partial charge in [0.15, 0.2) is 5.78 Å². The average molecular weight is 290 g/mol. The number of carbonyl (C=O) groups excluding carboxylic acids is 1. The summed E-state index contributed by atoms with van der Waals surface area (Å²) in [4.78, 5) is 15.1. The van der Waals surface area contributed by atoms with Gasteiger partial charge in [-0.2, -0.15) is 0 Å². The van der Waals surface area contributed by atoms with Crippen LogP contribution >= 0.6 is 0 Å². The van der Waals surface area contributed by atoms with Crippen molar-refractivity contribution in [1.82, 2.24) is 4.90 Å². The van der Waals surface area contributed by atoms with Gasteiger partial charge in [-0.05, 0) is 56.5 Å². The molecule has 1 aromatic carbocycles. The van der Waals surface area contributed by atoms with Crippen LogP contribution in [0.25, 0.3) is 0 Å². The maximum Gasteiger partial charge on any atom is 0.180 e. The van der Waals surface area contributed by atoms with Crippen LogP contribution in [0.1, 0.15) is 43.5 Å². The molecule has 1 aromatic rings. The summed E-state index contributed by atoms with van der Waals surface area (Å²) in [6, 6.07) is 5.28. The zero-order valence-corrected chi connectivity index (χ0v) is 13.3. The van der Waals surface area contributed by atoms with Crippen LogP contribution in [-0.2, 0) is 0 Å². The molecule has 2 rings (SSSR count). The number of carbonyl (C=O) groups is 1. The Bertz CT molecular complexity index is 494. The Morgan fingerprint density at radius 3 is 2.62 bits per heavy atom. The van der Waals surface area contributed by atoms with Crippen molar-refractivity contribution in [1.29, 1.82) is 0 Å². The van der Waals surface area contributed by atoms with E-state index >= 15 is 0 Å². The molecule has 116 valence electrons. The SMILES string of the molecule is CCC(C(=O)c1ccc(OC)c(N)c1)N1CCC(C)CC1. The summed E-state index contributed by atoms with van der Waals surface area (Å²) in [5.74, 6) is 1.55. The number of hydrogen-bond acceptors (Lipinski definition) is 4. The molecule has 1 aliphatic heterocycles. The van der Waals surface area contributed by atoms with E-state index in [2.05, 4.69) is 18.7 Å². The minimum absolute atomic E-state index is 0.0368. The van der Waals surface area contributed by atoms with Gasteiger partial charge in [0.05, 0.1) is 18.8 Å². The van der Waals surface area contributed by atoms with E-state index < -0.39 is 0 Å². The summed E-state index contributed by atoms with van der Waals surface area (Å²) in [5, 5.41) is 0. The Morgan fingerprint density at radius 1 is 1.43 bits per heavy atom. The number of likely N-dealkylation sites (tertiary alicyclic amines) is 1. The Morgan fingerprint density at radius 2 is 2.10 bits per heavy atom. The van der Waals surface area contributed by atoms with Crippen molar-refractivity contribution in [2.75, 3.05) is 25.9 Å². The number of ketones is 1. The molecule has 1 aliphatic rings. The molecule has 1 fully saturated rings. The van der Waals surface area contributed by atoms with Gasteiger partial charge in [0.2, 0.25) is 0 Å². The van der Waals surface area contributed by atoms with Crippen molar-refractivity contribution in [2.45, 2.75) is 39.2 Å². The number of rotatable bonds is 5. The molecular weight excluding hydrogens is 264 g/mol. The first kappa shape index (κ1) is 15.8. The van der Waals surface area contributed by atoms with Crippen LogP contribution in [0.4, 0.5) is 5.69 Å². The fraction of sp³-hybridized carbons (Fsp3) is 0.588. The van der Waals surface area contributed by atoms with E-state index in [1.165, 1.54) is 12.8 Å². The van der Waals surface area contributed by atoms with Crippen LogP contribution in [-0.4, -0.2) is 36.9 Å². The smallest absolute Gasteiger partial charge is 0.180 e. The van der Waals surface area contributed by atoms with Crippen molar-refractivity contribution in [3.05, 3.63) is 23.8 Å². The Balaban J connectivity index is 2.14. The zero-order chi connectivity index (χ0) is 15.4. The summed E-state index contributed by atoms with van der Waals surface area (Å²) < 4.78 is 5.15. The molecule has 4 nitrogen and oxygen atoms in total. The van der Waals surface area contributed by atoms with Gasteiger partial charge in [0.1, 0.15) is 5.75 Å². The van der Waals surface area contributed by atoms with Crippen LogP contribution in [0.3, 0.4) is 0 Å². The molecule has 0 aliphatic carbocycles. The topological polar surface area (TPSA) is 55.6 Å². The Kier molecular flexibility index (Phi) is 5.23. The first-order valence-corrected chi connectivity index (χ1v) is 7.78. The number of methoxy groups -OCH3 is 1. The number of hydrogen-bond donors (Lipinski definition) is 1. The number of nitrogen functional groups attached to an aromatic ring is 1. The predicted molar refractivity (Wildman–Crippen MR) is 85.8 cm³/mol. The maximum atomic E-state index is 12.8. The third-order valence-corrected chi connectivity index (χ3v) is 4.46. The van der Waals surface area contributed by atoms with Crippen molar-refractivity contribution >= 4 is 11.5 Å². The lowest BCUT2D eigenvalue weighted by molar-refractivity contribution is 0.0743. The number of piperidine rings is 1. The second-order valence-electron chi connectivity index (χ2n) is 5.96. The molecule has 0 bridgehead atoms. The lowest BCUT2D eigenvalue weighted by Crippen LogP contribution is -2.45. The van der Waals surface area contributed by atoms with Crippen molar-refractivity contribution < 1.29 is 9.53 Å². The fourth-order valence-corrected chi connectivity index (χ4v) is 3.03. The molecule has 1 atom stereocenters. The Labute approximate surface area is 127 Å². The molecule has 1 heterocycles. The van der Waals surface area contributed by atoms with Crippen molar-refractivity contribution in [2.24, 2.45) is 5.92 Å². The number of ether oxygens (including phenoxy) is 1. The normalized spacial score (nSPS) is 18.4. The van der Waals surface area contributed by atoms with Gasteiger partial charge in [-0.3, -0.25) is 9.69 Å². The maximum absolute atomic E-state index is 12.8. The van der Waals surface area contributed by atoms with E-state index in [0.29, 0.717) is 17.0 Å². The highest BCUT2D eigenvalue weighted by Gasteiger charge is 2.28. The van der Waals surface area contributed by atoms with Crippen LogP contribution < -0.4 is 10.5 Å². The monoisotopic (exact) mass is 290 g/mol. The van der Waals surface area contributed by atoms with Crippen LogP contribution in [0, 0.1) is 5.92 Å². The van der Waals surface area contributed by atoms with Crippen molar-refractivity contribution in [3.63, 3.8) is 0 Å². The standard InChI is InChI=1S/C17H26N2O2/c1-4-15(19-9-7-12(2)8-10-19)17(20)13-5-6-16(21-3)14(18)11-13/h5-6,11-12,15H,4,7-10,18H2,1-3H3. The van der Waals surface area contributed by atoms with Gasteiger partial charge in [-0.25, -0.2) is 0 Å². The predicted octanol–water partition coefficient (Wildman–Crippen LogP) is 2.97. The number of Topliss-reactive ketones (excluding diaryl/α,β-unsaturated/α-hetero) is 1. The largest absolute Gasteiger partial charge is 0.495 e. The van der Waals surface area contributed by atoms with Crippen molar-refractivity contribution in [3.8, 4) is 5.75 Å². The van der Waals surface area contributed by atoms with E-state index in [9.17, 15) is 4.79 Å². The van der Waals surface area contributed by atoms with Gasteiger partial charge >= 0.3 is 0 Å². The highest BCUT2D eigenvalue weighted by atomic mass is 16.5.